The Morgan fingerprint density at radius 1 is 0.933 bits per heavy atom. The number of hydrogen-bond donors (Lipinski definition) is 0. The maximum Gasteiger partial charge on any atom is 0.192 e. The van der Waals surface area contributed by atoms with Gasteiger partial charge in [-0.2, -0.15) is 0 Å². The summed E-state index contributed by atoms with van der Waals surface area (Å²) in [5.74, 6) is 0.118. The Morgan fingerprint density at radius 3 is 2.07 bits per heavy atom. The minimum absolute atomic E-state index is 0.0841. The summed E-state index contributed by atoms with van der Waals surface area (Å²) in [5, 5.41) is 0.0841. The van der Waals surface area contributed by atoms with Crippen molar-refractivity contribution in [2.24, 2.45) is 0 Å². The molecule has 0 aromatic heterocycles. The van der Waals surface area contributed by atoms with E-state index >= 15 is 0 Å². The van der Waals surface area contributed by atoms with Gasteiger partial charge in [-0.05, 0) is 48.7 Å². The number of sulfone groups is 1. The minimum atomic E-state index is -3.28. The van der Waals surface area contributed by atoms with Crippen molar-refractivity contribution < 1.29 is 17.6 Å². The van der Waals surface area contributed by atoms with Crippen LogP contribution in [-0.4, -0.2) is 35.2 Å². The van der Waals surface area contributed by atoms with Crippen LogP contribution in [0.2, 0.25) is 18.1 Å². The van der Waals surface area contributed by atoms with Crippen molar-refractivity contribution in [1.29, 1.82) is 0 Å². The summed E-state index contributed by atoms with van der Waals surface area (Å²) in [6, 6.07) is 18.7. The molecule has 0 aliphatic rings. The fourth-order valence-electron chi connectivity index (χ4n) is 2.90. The Morgan fingerprint density at radius 2 is 1.50 bits per heavy atom. The SMILES string of the molecule is CC(C)(C)[Si](C)(C)O[C@@H](CCCS(=O)(=O)c1ccccc1)COCc1ccccc1. The van der Waals surface area contributed by atoms with Crippen molar-refractivity contribution in [2.75, 3.05) is 12.4 Å². The molecule has 0 unspecified atom stereocenters. The second-order valence-corrected chi connectivity index (χ2v) is 16.1. The largest absolute Gasteiger partial charge is 0.412 e. The van der Waals surface area contributed by atoms with Crippen molar-refractivity contribution >= 4 is 18.2 Å². The number of rotatable bonds is 11. The smallest absolute Gasteiger partial charge is 0.192 e. The van der Waals surface area contributed by atoms with E-state index in [0.29, 0.717) is 31.0 Å². The highest BCUT2D eigenvalue weighted by Crippen LogP contribution is 2.37. The van der Waals surface area contributed by atoms with Gasteiger partial charge in [0.15, 0.2) is 18.2 Å². The van der Waals surface area contributed by atoms with Crippen molar-refractivity contribution in [3.8, 4) is 0 Å². The molecule has 0 heterocycles. The van der Waals surface area contributed by atoms with Crippen LogP contribution >= 0.6 is 0 Å². The molecule has 0 spiro atoms. The zero-order chi connectivity index (χ0) is 22.3. The van der Waals surface area contributed by atoms with Crippen molar-refractivity contribution in [3.63, 3.8) is 0 Å². The van der Waals surface area contributed by atoms with Gasteiger partial charge in [0.05, 0.1) is 30.0 Å². The summed E-state index contributed by atoms with van der Waals surface area (Å²) in [6.45, 7) is 12.1. The van der Waals surface area contributed by atoms with Crippen LogP contribution in [0.1, 0.15) is 39.2 Å². The van der Waals surface area contributed by atoms with E-state index in [1.54, 1.807) is 24.3 Å². The van der Waals surface area contributed by atoms with E-state index < -0.39 is 18.2 Å². The standard InChI is InChI=1S/C24H36O4SSi/c1-24(2,3)30(4,5)28-22(20-27-19-21-13-8-6-9-14-21)15-12-18-29(25,26)23-16-10-7-11-17-23/h6-11,13-14,16-17,22H,12,15,18-20H2,1-5H3/t22-/m0/s1. The Hall–Kier alpha value is -1.47. The number of benzene rings is 2. The summed E-state index contributed by atoms with van der Waals surface area (Å²) < 4.78 is 37.7. The zero-order valence-electron chi connectivity index (χ0n) is 18.9. The summed E-state index contributed by atoms with van der Waals surface area (Å²) in [6.07, 6.45) is 1.10. The molecule has 0 bridgehead atoms. The molecular formula is C24H36O4SSi. The normalized spacial score (nSPS) is 13.9. The highest BCUT2D eigenvalue weighted by molar-refractivity contribution is 7.91. The van der Waals surface area contributed by atoms with E-state index in [2.05, 4.69) is 33.9 Å². The monoisotopic (exact) mass is 448 g/mol. The average Bonchev–Trinajstić information content (AvgIpc) is 2.68. The van der Waals surface area contributed by atoms with Crippen molar-refractivity contribution in [2.45, 2.75) is 69.4 Å². The molecule has 0 radical (unpaired) electrons. The first-order valence-corrected chi connectivity index (χ1v) is 15.1. The first kappa shape index (κ1) is 24.8. The molecule has 4 nitrogen and oxygen atoms in total. The summed E-state index contributed by atoms with van der Waals surface area (Å²) in [7, 11) is -5.26. The molecule has 166 valence electrons. The first-order chi connectivity index (χ1) is 14.0. The van der Waals surface area contributed by atoms with Crippen LogP contribution in [-0.2, 0) is 25.6 Å². The maximum atomic E-state index is 12.6. The summed E-state index contributed by atoms with van der Waals surface area (Å²) >= 11 is 0. The molecule has 0 amide bonds. The van der Waals surface area contributed by atoms with Crippen molar-refractivity contribution in [1.82, 2.24) is 0 Å². The summed E-state index contributed by atoms with van der Waals surface area (Å²) in [5.41, 5.74) is 1.12. The minimum Gasteiger partial charge on any atom is -0.412 e. The van der Waals surface area contributed by atoms with Gasteiger partial charge in [-0.3, -0.25) is 0 Å². The van der Waals surface area contributed by atoms with E-state index in [1.165, 1.54) is 0 Å². The Kier molecular flexibility index (Phi) is 8.85. The zero-order valence-corrected chi connectivity index (χ0v) is 20.7. The molecule has 30 heavy (non-hydrogen) atoms. The topological polar surface area (TPSA) is 52.6 Å². The maximum absolute atomic E-state index is 12.6. The second kappa shape index (κ2) is 10.7. The van der Waals surface area contributed by atoms with Crippen LogP contribution in [0.3, 0.4) is 0 Å². The van der Waals surface area contributed by atoms with Gasteiger partial charge in [-0.25, -0.2) is 8.42 Å². The molecule has 0 fully saturated rings. The van der Waals surface area contributed by atoms with Crippen LogP contribution in [0.5, 0.6) is 0 Å². The lowest BCUT2D eigenvalue weighted by atomic mass is 10.2. The average molecular weight is 449 g/mol. The van der Waals surface area contributed by atoms with Gasteiger partial charge >= 0.3 is 0 Å². The third-order valence-electron chi connectivity index (χ3n) is 5.72. The third-order valence-corrected chi connectivity index (χ3v) is 12.1. The molecule has 1 atom stereocenters. The molecule has 2 rings (SSSR count). The first-order valence-electron chi connectivity index (χ1n) is 10.6. The van der Waals surface area contributed by atoms with E-state index in [1.807, 2.05) is 36.4 Å². The Labute approximate surface area is 183 Å². The highest BCUT2D eigenvalue weighted by Gasteiger charge is 2.39. The fraction of sp³-hybridized carbons (Fsp3) is 0.500. The lowest BCUT2D eigenvalue weighted by molar-refractivity contribution is 0.0303. The molecule has 0 aliphatic carbocycles. The van der Waals surface area contributed by atoms with Gasteiger partial charge in [-0.1, -0.05) is 69.3 Å². The molecule has 6 heteroatoms. The second-order valence-electron chi connectivity index (χ2n) is 9.28. The van der Waals surface area contributed by atoms with Gasteiger partial charge in [-0.15, -0.1) is 0 Å². The highest BCUT2D eigenvalue weighted by atomic mass is 32.2. The molecule has 0 N–H and O–H groups in total. The van der Waals surface area contributed by atoms with Crippen LogP contribution < -0.4 is 0 Å². The summed E-state index contributed by atoms with van der Waals surface area (Å²) in [4.78, 5) is 0.382. The van der Waals surface area contributed by atoms with Gasteiger partial charge in [0.25, 0.3) is 0 Å². The molecule has 2 aromatic rings. The van der Waals surface area contributed by atoms with Gasteiger partial charge in [0, 0.05) is 0 Å². The Bertz CT molecular complexity index is 859. The van der Waals surface area contributed by atoms with E-state index in [-0.39, 0.29) is 16.9 Å². The predicted molar refractivity (Wildman–Crippen MR) is 126 cm³/mol. The van der Waals surface area contributed by atoms with Crippen LogP contribution in [0.4, 0.5) is 0 Å². The quantitative estimate of drug-likeness (QED) is 0.405. The Balaban J connectivity index is 1.97. The van der Waals surface area contributed by atoms with Gasteiger partial charge < -0.3 is 9.16 Å². The number of ether oxygens (including phenoxy) is 1. The lowest BCUT2D eigenvalue weighted by Crippen LogP contribution is -2.45. The van der Waals surface area contributed by atoms with E-state index in [4.69, 9.17) is 9.16 Å². The molecule has 2 aromatic carbocycles. The van der Waals surface area contributed by atoms with Crippen LogP contribution in [0.25, 0.3) is 0 Å². The van der Waals surface area contributed by atoms with Crippen LogP contribution in [0, 0.1) is 0 Å². The van der Waals surface area contributed by atoms with Crippen molar-refractivity contribution in [3.05, 3.63) is 66.2 Å². The van der Waals surface area contributed by atoms with Gasteiger partial charge in [0.2, 0.25) is 0 Å². The third kappa shape index (κ3) is 7.65. The lowest BCUT2D eigenvalue weighted by Gasteiger charge is -2.39. The molecule has 0 saturated heterocycles. The van der Waals surface area contributed by atoms with E-state index in [0.717, 1.165) is 5.56 Å². The molecule has 0 saturated carbocycles. The molecular weight excluding hydrogens is 412 g/mol. The predicted octanol–water partition coefficient (Wildman–Crippen LogP) is 5.85. The number of hydrogen-bond acceptors (Lipinski definition) is 4. The fourth-order valence-corrected chi connectivity index (χ4v) is 5.63. The van der Waals surface area contributed by atoms with Gasteiger partial charge in [0.1, 0.15) is 0 Å². The van der Waals surface area contributed by atoms with E-state index in [9.17, 15) is 8.42 Å². The van der Waals surface area contributed by atoms with Crippen LogP contribution in [0.15, 0.2) is 65.6 Å². The molecule has 0 aliphatic heterocycles.